The number of hydrogen-bond acceptors (Lipinski definition) is 6. The zero-order valence-electron chi connectivity index (χ0n) is 9.39. The Labute approximate surface area is 104 Å². The third-order valence-electron chi connectivity index (χ3n) is 2.14. The maximum Gasteiger partial charge on any atom is 0.156 e. The second-order valence-corrected chi connectivity index (χ2v) is 3.71. The van der Waals surface area contributed by atoms with Crippen LogP contribution < -0.4 is 5.32 Å². The lowest BCUT2D eigenvalue weighted by Gasteiger charge is -2.18. The Bertz CT molecular complexity index is 370. The molecule has 1 aromatic heterocycles. The highest BCUT2D eigenvalue weighted by Crippen LogP contribution is 2.18. The molecule has 1 atom stereocenters. The summed E-state index contributed by atoms with van der Waals surface area (Å²) < 4.78 is 4.99. The first-order valence-electron chi connectivity index (χ1n) is 5.05. The number of halogens is 1. The van der Waals surface area contributed by atoms with Crippen molar-refractivity contribution < 1.29 is 14.6 Å². The molecule has 0 aliphatic heterocycles. The van der Waals surface area contributed by atoms with E-state index in [1.165, 1.54) is 6.33 Å². The van der Waals surface area contributed by atoms with E-state index in [1.54, 1.807) is 7.11 Å². The lowest BCUT2D eigenvalue weighted by Crippen LogP contribution is -2.27. The van der Waals surface area contributed by atoms with Crippen LogP contribution in [0.4, 0.5) is 5.82 Å². The fraction of sp³-hybridized carbons (Fsp3) is 0.500. The van der Waals surface area contributed by atoms with Crippen molar-refractivity contribution in [3.63, 3.8) is 0 Å². The van der Waals surface area contributed by atoms with E-state index in [2.05, 4.69) is 15.3 Å². The number of aliphatic hydroxyl groups excluding tert-OH is 1. The van der Waals surface area contributed by atoms with Gasteiger partial charge in [0.1, 0.15) is 17.3 Å². The average Bonchev–Trinajstić information content (AvgIpc) is 2.30. The zero-order chi connectivity index (χ0) is 12.7. The second kappa shape index (κ2) is 7.16. The molecule has 1 heterocycles. The van der Waals surface area contributed by atoms with Gasteiger partial charge in [0.25, 0.3) is 0 Å². The molecule has 0 fully saturated rings. The van der Waals surface area contributed by atoms with E-state index in [0.29, 0.717) is 25.1 Å². The van der Waals surface area contributed by atoms with Crippen LogP contribution in [0.3, 0.4) is 0 Å². The third kappa shape index (κ3) is 3.92. The highest BCUT2D eigenvalue weighted by atomic mass is 35.5. The Morgan fingerprint density at radius 2 is 2.41 bits per heavy atom. The van der Waals surface area contributed by atoms with Crippen LogP contribution in [0.15, 0.2) is 6.33 Å². The van der Waals surface area contributed by atoms with Crippen molar-refractivity contribution in [3.05, 3.63) is 17.0 Å². The van der Waals surface area contributed by atoms with Crippen molar-refractivity contribution in [1.29, 1.82) is 0 Å². The summed E-state index contributed by atoms with van der Waals surface area (Å²) in [6.45, 7) is 0.400. The molecule has 1 unspecified atom stereocenters. The number of ether oxygens (including phenoxy) is 1. The first-order chi connectivity index (χ1) is 8.22. The van der Waals surface area contributed by atoms with Gasteiger partial charge in [-0.3, -0.25) is 4.79 Å². The molecule has 17 heavy (non-hydrogen) atoms. The van der Waals surface area contributed by atoms with Crippen molar-refractivity contribution in [2.75, 3.05) is 25.6 Å². The van der Waals surface area contributed by atoms with Gasteiger partial charge in [-0.2, -0.15) is 0 Å². The van der Waals surface area contributed by atoms with E-state index in [-0.39, 0.29) is 23.4 Å². The number of anilines is 1. The van der Waals surface area contributed by atoms with Crippen molar-refractivity contribution in [1.82, 2.24) is 9.97 Å². The van der Waals surface area contributed by atoms with Crippen LogP contribution in [0.2, 0.25) is 5.15 Å². The molecule has 7 heteroatoms. The minimum Gasteiger partial charge on any atom is -0.396 e. The summed E-state index contributed by atoms with van der Waals surface area (Å²) in [5.41, 5.74) is 0.202. The lowest BCUT2D eigenvalue weighted by molar-refractivity contribution is 0.112. The number of nitrogens with zero attached hydrogens (tertiary/aromatic N) is 2. The van der Waals surface area contributed by atoms with Gasteiger partial charge < -0.3 is 15.2 Å². The maximum absolute atomic E-state index is 10.9. The number of aliphatic hydroxyl groups is 1. The van der Waals surface area contributed by atoms with Gasteiger partial charge in [0.2, 0.25) is 0 Å². The molecule has 0 aliphatic carbocycles. The molecular weight excluding hydrogens is 246 g/mol. The molecular formula is C10H14ClN3O3. The smallest absolute Gasteiger partial charge is 0.156 e. The Morgan fingerprint density at radius 1 is 1.65 bits per heavy atom. The Morgan fingerprint density at radius 3 is 3.00 bits per heavy atom. The lowest BCUT2D eigenvalue weighted by atomic mass is 10.2. The van der Waals surface area contributed by atoms with Crippen molar-refractivity contribution in [3.8, 4) is 0 Å². The Balaban J connectivity index is 2.84. The van der Waals surface area contributed by atoms with Gasteiger partial charge in [-0.1, -0.05) is 11.6 Å². The number of carbonyl (C=O) groups excluding carboxylic acids is 1. The predicted octanol–water partition coefficient (Wildman–Crippen LogP) is 0.752. The largest absolute Gasteiger partial charge is 0.396 e. The summed E-state index contributed by atoms with van der Waals surface area (Å²) in [6.07, 6.45) is 2.34. The Hall–Kier alpha value is -1.24. The van der Waals surface area contributed by atoms with E-state index in [0.717, 1.165) is 0 Å². The normalized spacial score (nSPS) is 12.2. The highest BCUT2D eigenvalue weighted by Gasteiger charge is 2.13. The van der Waals surface area contributed by atoms with Gasteiger partial charge in [0.15, 0.2) is 6.29 Å². The maximum atomic E-state index is 10.9. The molecule has 0 aromatic carbocycles. The number of nitrogens with one attached hydrogen (secondary N) is 1. The number of rotatable bonds is 7. The van der Waals surface area contributed by atoms with Gasteiger partial charge in [-0.05, 0) is 6.42 Å². The van der Waals surface area contributed by atoms with Gasteiger partial charge >= 0.3 is 0 Å². The molecule has 0 saturated carbocycles. The SMILES string of the molecule is COCC(CCO)Nc1ncnc(Cl)c1C=O. The molecule has 0 saturated heterocycles. The van der Waals surface area contributed by atoms with Crippen LogP contribution in [0.25, 0.3) is 0 Å². The number of methoxy groups -OCH3 is 1. The topological polar surface area (TPSA) is 84.3 Å². The minimum atomic E-state index is -0.144. The minimum absolute atomic E-state index is 0.0102. The standard InChI is InChI=1S/C10H14ClN3O3/c1-17-5-7(2-3-15)14-10-8(4-16)9(11)12-6-13-10/h4,6-7,15H,2-3,5H2,1H3,(H,12,13,14). The first-order valence-corrected chi connectivity index (χ1v) is 5.42. The zero-order valence-corrected chi connectivity index (χ0v) is 10.1. The molecule has 1 aromatic rings. The molecule has 0 radical (unpaired) electrons. The van der Waals surface area contributed by atoms with Crippen LogP contribution in [0, 0.1) is 0 Å². The third-order valence-corrected chi connectivity index (χ3v) is 2.44. The number of aromatic nitrogens is 2. The molecule has 2 N–H and O–H groups in total. The monoisotopic (exact) mass is 259 g/mol. The first kappa shape index (κ1) is 13.8. The quantitative estimate of drug-likeness (QED) is 0.555. The second-order valence-electron chi connectivity index (χ2n) is 3.35. The highest BCUT2D eigenvalue weighted by molar-refractivity contribution is 6.32. The van der Waals surface area contributed by atoms with Gasteiger partial charge in [-0.15, -0.1) is 0 Å². The van der Waals surface area contributed by atoms with E-state index in [4.69, 9.17) is 21.4 Å². The summed E-state index contributed by atoms with van der Waals surface area (Å²) >= 11 is 5.76. The summed E-state index contributed by atoms with van der Waals surface area (Å²) in [5, 5.41) is 12.0. The molecule has 1 rings (SSSR count). The van der Waals surface area contributed by atoms with Crippen LogP contribution in [0.1, 0.15) is 16.8 Å². The van der Waals surface area contributed by atoms with Gasteiger partial charge in [0.05, 0.1) is 18.2 Å². The van der Waals surface area contributed by atoms with Crippen molar-refractivity contribution in [2.24, 2.45) is 0 Å². The van der Waals surface area contributed by atoms with E-state index in [1.807, 2.05) is 0 Å². The number of aldehydes is 1. The van der Waals surface area contributed by atoms with Crippen LogP contribution in [0.5, 0.6) is 0 Å². The van der Waals surface area contributed by atoms with E-state index >= 15 is 0 Å². The fourth-order valence-corrected chi connectivity index (χ4v) is 1.52. The van der Waals surface area contributed by atoms with E-state index < -0.39 is 0 Å². The molecule has 0 spiro atoms. The molecule has 6 nitrogen and oxygen atoms in total. The Kier molecular flexibility index (Phi) is 5.82. The molecule has 0 aliphatic rings. The number of hydrogen-bond donors (Lipinski definition) is 2. The van der Waals surface area contributed by atoms with Gasteiger partial charge in [0, 0.05) is 13.7 Å². The fourth-order valence-electron chi connectivity index (χ4n) is 1.34. The van der Waals surface area contributed by atoms with Crippen LogP contribution in [-0.2, 0) is 4.74 Å². The van der Waals surface area contributed by atoms with Crippen LogP contribution in [-0.4, -0.2) is 47.7 Å². The van der Waals surface area contributed by atoms with Crippen LogP contribution >= 0.6 is 11.6 Å². The summed E-state index contributed by atoms with van der Waals surface area (Å²) in [7, 11) is 1.56. The van der Waals surface area contributed by atoms with E-state index in [9.17, 15) is 4.79 Å². The average molecular weight is 260 g/mol. The summed E-state index contributed by atoms with van der Waals surface area (Å²) in [5.74, 6) is 0.343. The summed E-state index contributed by atoms with van der Waals surface area (Å²) in [6, 6.07) is -0.144. The molecule has 94 valence electrons. The molecule has 0 amide bonds. The van der Waals surface area contributed by atoms with Crippen molar-refractivity contribution in [2.45, 2.75) is 12.5 Å². The number of carbonyl (C=O) groups is 1. The molecule has 0 bridgehead atoms. The summed E-state index contributed by atoms with van der Waals surface area (Å²) in [4.78, 5) is 18.5. The predicted molar refractivity (Wildman–Crippen MR) is 63.4 cm³/mol. The van der Waals surface area contributed by atoms with Crippen molar-refractivity contribution >= 4 is 23.7 Å². The van der Waals surface area contributed by atoms with Gasteiger partial charge in [-0.25, -0.2) is 9.97 Å².